The van der Waals surface area contributed by atoms with Gasteiger partial charge in [-0.1, -0.05) is 48.0 Å². The van der Waals surface area contributed by atoms with Gasteiger partial charge in [0.1, 0.15) is 6.61 Å². The molecule has 1 unspecified atom stereocenters. The molecule has 2 aromatic heterocycles. The number of carbonyl (C=O) groups is 1. The molecule has 226 valence electrons. The lowest BCUT2D eigenvalue weighted by Gasteiger charge is -2.40. The fourth-order valence-electron chi connectivity index (χ4n) is 5.47. The highest BCUT2D eigenvalue weighted by Crippen LogP contribution is 2.35. The van der Waals surface area contributed by atoms with Gasteiger partial charge in [-0.15, -0.1) is 0 Å². The van der Waals surface area contributed by atoms with E-state index >= 15 is 0 Å². The quantitative estimate of drug-likeness (QED) is 0.192. The van der Waals surface area contributed by atoms with Crippen molar-refractivity contribution in [2.24, 2.45) is 0 Å². The van der Waals surface area contributed by atoms with Crippen LogP contribution in [0.25, 0.3) is 11.0 Å². The molecule has 3 aromatic carbocycles. The van der Waals surface area contributed by atoms with Gasteiger partial charge < -0.3 is 14.4 Å². The first-order valence-corrected chi connectivity index (χ1v) is 15.9. The first-order valence-electron chi connectivity index (χ1n) is 14.5. The molecular formula is C34H34N4O5S. The van der Waals surface area contributed by atoms with Gasteiger partial charge in [0.05, 0.1) is 12.0 Å². The highest BCUT2D eigenvalue weighted by Gasteiger charge is 2.33. The number of fused-ring (bicyclic) bond motifs is 1. The molecule has 1 saturated heterocycles. The number of carbonyl (C=O) groups excluding carboxylic acids is 1. The van der Waals surface area contributed by atoms with Crippen molar-refractivity contribution in [3.8, 4) is 11.5 Å². The van der Waals surface area contributed by atoms with Crippen molar-refractivity contribution >= 4 is 32.8 Å². The smallest absolute Gasteiger partial charge is 0.325 e. The van der Waals surface area contributed by atoms with Crippen LogP contribution in [0.2, 0.25) is 0 Å². The van der Waals surface area contributed by atoms with Crippen LogP contribution in [0.5, 0.6) is 11.5 Å². The number of amides is 2. The first kappa shape index (κ1) is 29.3. The molecule has 1 fully saturated rings. The van der Waals surface area contributed by atoms with Gasteiger partial charge in [0.2, 0.25) is 0 Å². The van der Waals surface area contributed by atoms with Crippen LogP contribution in [0.15, 0.2) is 102 Å². The lowest BCUT2D eigenvalue weighted by atomic mass is 10.1. The van der Waals surface area contributed by atoms with Crippen LogP contribution in [0.1, 0.15) is 30.0 Å². The van der Waals surface area contributed by atoms with Crippen molar-refractivity contribution in [2.45, 2.75) is 44.4 Å². The molecule has 10 heteroatoms. The molecule has 1 aliphatic rings. The van der Waals surface area contributed by atoms with E-state index in [-0.39, 0.29) is 17.0 Å². The Hall–Kier alpha value is -4.83. The standard InChI is InChI=1S/C34H34N4O5S/c1-24-9-12-29(13-10-24)44(40,41)38-20-17-30-27(15-18-35-33(30)38)22-37-25(2)16-19-36(34(37)39)28-11-14-31(42-3)32(21-28)43-23-26-7-5-4-6-8-26/h4-15,17-18,20-21,25H,16,19,22-23H2,1-3H3. The lowest BCUT2D eigenvalue weighted by Crippen LogP contribution is -2.53. The predicted molar refractivity (Wildman–Crippen MR) is 170 cm³/mol. The van der Waals surface area contributed by atoms with Crippen molar-refractivity contribution in [3.05, 3.63) is 114 Å². The molecule has 0 radical (unpaired) electrons. The molecule has 0 saturated carbocycles. The van der Waals surface area contributed by atoms with Gasteiger partial charge in [-0.3, -0.25) is 4.90 Å². The number of ether oxygens (including phenoxy) is 2. The van der Waals surface area contributed by atoms with Crippen molar-refractivity contribution < 1.29 is 22.7 Å². The zero-order chi connectivity index (χ0) is 30.8. The number of benzene rings is 3. The van der Waals surface area contributed by atoms with Crippen LogP contribution in [0.3, 0.4) is 0 Å². The number of rotatable bonds is 9. The van der Waals surface area contributed by atoms with Gasteiger partial charge >= 0.3 is 6.03 Å². The molecule has 9 nitrogen and oxygen atoms in total. The van der Waals surface area contributed by atoms with E-state index in [4.69, 9.17) is 9.47 Å². The normalized spacial score (nSPS) is 15.5. The Kier molecular flexibility index (Phi) is 8.01. The second-order valence-electron chi connectivity index (χ2n) is 10.9. The monoisotopic (exact) mass is 610 g/mol. The average molecular weight is 611 g/mol. The third-order valence-electron chi connectivity index (χ3n) is 8.04. The molecule has 0 spiro atoms. The number of pyridine rings is 1. The molecule has 2 amide bonds. The minimum Gasteiger partial charge on any atom is -0.493 e. The Labute approximate surface area is 257 Å². The van der Waals surface area contributed by atoms with E-state index in [2.05, 4.69) is 4.98 Å². The summed E-state index contributed by atoms with van der Waals surface area (Å²) in [6.07, 6.45) is 3.88. The zero-order valence-electron chi connectivity index (χ0n) is 24.9. The summed E-state index contributed by atoms with van der Waals surface area (Å²) in [6, 6.07) is 25.6. The second kappa shape index (κ2) is 12.0. The molecule has 1 aliphatic heterocycles. The van der Waals surface area contributed by atoms with Gasteiger partial charge in [0, 0.05) is 48.7 Å². The van der Waals surface area contributed by atoms with Crippen molar-refractivity contribution in [1.82, 2.24) is 13.9 Å². The summed E-state index contributed by atoms with van der Waals surface area (Å²) in [7, 11) is -2.25. The van der Waals surface area contributed by atoms with E-state index in [1.54, 1.807) is 48.5 Å². The number of anilines is 1. The predicted octanol–water partition coefficient (Wildman–Crippen LogP) is 6.39. The maximum absolute atomic E-state index is 14.0. The van der Waals surface area contributed by atoms with E-state index in [0.717, 1.165) is 23.1 Å². The third kappa shape index (κ3) is 5.60. The van der Waals surface area contributed by atoms with Gasteiger partial charge in [-0.2, -0.15) is 0 Å². The number of urea groups is 1. The molecule has 1 atom stereocenters. The van der Waals surface area contributed by atoms with Crippen molar-refractivity contribution in [2.75, 3.05) is 18.6 Å². The largest absolute Gasteiger partial charge is 0.493 e. The molecule has 3 heterocycles. The summed E-state index contributed by atoms with van der Waals surface area (Å²) >= 11 is 0. The van der Waals surface area contributed by atoms with E-state index in [1.807, 2.05) is 73.3 Å². The number of nitrogens with zero attached hydrogens (tertiary/aromatic N) is 4. The minimum absolute atomic E-state index is 0.0209. The molecule has 44 heavy (non-hydrogen) atoms. The Balaban J connectivity index is 1.26. The summed E-state index contributed by atoms with van der Waals surface area (Å²) < 4.78 is 39.8. The third-order valence-corrected chi connectivity index (χ3v) is 9.72. The molecule has 0 bridgehead atoms. The summed E-state index contributed by atoms with van der Waals surface area (Å²) in [5, 5.41) is 0.682. The lowest BCUT2D eigenvalue weighted by molar-refractivity contribution is 0.166. The Bertz CT molecular complexity index is 1910. The average Bonchev–Trinajstić information content (AvgIpc) is 3.49. The highest BCUT2D eigenvalue weighted by atomic mass is 32.2. The molecular weight excluding hydrogens is 576 g/mol. The van der Waals surface area contributed by atoms with E-state index < -0.39 is 10.0 Å². The summed E-state index contributed by atoms with van der Waals surface area (Å²) in [5.74, 6) is 1.14. The van der Waals surface area contributed by atoms with Gasteiger partial charge in [-0.25, -0.2) is 22.2 Å². The minimum atomic E-state index is -3.84. The Morgan fingerprint density at radius 2 is 1.73 bits per heavy atom. The van der Waals surface area contributed by atoms with Crippen LogP contribution < -0.4 is 14.4 Å². The van der Waals surface area contributed by atoms with Crippen LogP contribution in [0.4, 0.5) is 10.5 Å². The van der Waals surface area contributed by atoms with E-state index in [1.165, 1.54) is 10.2 Å². The highest BCUT2D eigenvalue weighted by molar-refractivity contribution is 7.90. The second-order valence-corrected chi connectivity index (χ2v) is 12.8. The number of aromatic nitrogens is 2. The van der Waals surface area contributed by atoms with Crippen molar-refractivity contribution in [3.63, 3.8) is 0 Å². The SMILES string of the molecule is COc1ccc(N2CCC(C)N(Cc3ccnc4c3ccn4S(=O)(=O)c3ccc(C)cc3)C2=O)cc1OCc1ccccc1. The summed E-state index contributed by atoms with van der Waals surface area (Å²) in [6.45, 7) is 5.17. The zero-order valence-corrected chi connectivity index (χ0v) is 25.7. The van der Waals surface area contributed by atoms with Crippen LogP contribution in [-0.2, 0) is 23.2 Å². The van der Waals surface area contributed by atoms with Crippen LogP contribution >= 0.6 is 0 Å². The number of hydrogen-bond donors (Lipinski definition) is 0. The summed E-state index contributed by atoms with van der Waals surface area (Å²) in [4.78, 5) is 22.1. The van der Waals surface area contributed by atoms with E-state index in [0.29, 0.717) is 47.9 Å². The van der Waals surface area contributed by atoms with Crippen LogP contribution in [-0.4, -0.2) is 48.0 Å². The van der Waals surface area contributed by atoms with Crippen molar-refractivity contribution in [1.29, 1.82) is 0 Å². The Morgan fingerprint density at radius 3 is 2.48 bits per heavy atom. The van der Waals surface area contributed by atoms with Gasteiger partial charge in [0.15, 0.2) is 17.1 Å². The van der Waals surface area contributed by atoms with E-state index in [9.17, 15) is 13.2 Å². The van der Waals surface area contributed by atoms with Gasteiger partial charge in [0.25, 0.3) is 10.0 Å². The molecule has 0 N–H and O–H groups in total. The van der Waals surface area contributed by atoms with Crippen LogP contribution in [0, 0.1) is 6.92 Å². The maximum atomic E-state index is 14.0. The number of aryl methyl sites for hydroxylation is 1. The topological polar surface area (TPSA) is 94.0 Å². The fourth-order valence-corrected chi connectivity index (χ4v) is 6.77. The first-order chi connectivity index (χ1) is 21.3. The molecule has 6 rings (SSSR count). The summed E-state index contributed by atoms with van der Waals surface area (Å²) in [5.41, 5.74) is 3.86. The fraction of sp³-hybridized carbons (Fsp3) is 0.235. The maximum Gasteiger partial charge on any atom is 0.325 e. The number of hydrogen-bond acceptors (Lipinski definition) is 6. The van der Waals surface area contributed by atoms with Gasteiger partial charge in [-0.05, 0) is 67.8 Å². The molecule has 0 aliphatic carbocycles. The number of methoxy groups -OCH3 is 1. The Morgan fingerprint density at radius 1 is 0.955 bits per heavy atom. The molecule has 5 aromatic rings.